The van der Waals surface area contributed by atoms with Crippen molar-refractivity contribution in [1.29, 1.82) is 0 Å². The Kier molecular flexibility index (Phi) is 3.99. The molecule has 0 radical (unpaired) electrons. The Morgan fingerprint density at radius 2 is 1.96 bits per heavy atom. The predicted octanol–water partition coefficient (Wildman–Crippen LogP) is 2.17. The first-order chi connectivity index (χ1) is 11.4. The second-order valence-corrected chi connectivity index (χ2v) is 5.33. The van der Waals surface area contributed by atoms with Crippen molar-refractivity contribution in [2.24, 2.45) is 5.73 Å². The van der Waals surface area contributed by atoms with E-state index in [2.05, 4.69) is 4.98 Å². The highest BCUT2D eigenvalue weighted by atomic mass is 19.1. The Balaban J connectivity index is 1.87. The topological polar surface area (TPSA) is 86.7 Å². The van der Waals surface area contributed by atoms with Gasteiger partial charge in [0.1, 0.15) is 11.5 Å². The van der Waals surface area contributed by atoms with Crippen LogP contribution in [0.2, 0.25) is 0 Å². The number of hydrogen-bond acceptors (Lipinski definition) is 4. The Hall–Kier alpha value is -3.22. The molecule has 1 atom stereocenters. The fraction of sp³-hybridized carbons (Fsp3) is 0.118. The molecule has 24 heavy (non-hydrogen) atoms. The molecule has 0 saturated carbocycles. The second kappa shape index (κ2) is 6.11. The normalized spacial score (nSPS) is 12.1. The van der Waals surface area contributed by atoms with E-state index in [1.165, 1.54) is 18.3 Å². The van der Waals surface area contributed by atoms with Gasteiger partial charge < -0.3 is 14.9 Å². The summed E-state index contributed by atoms with van der Waals surface area (Å²) in [7, 11) is 0. The maximum atomic E-state index is 13.0. The van der Waals surface area contributed by atoms with Crippen LogP contribution in [0.25, 0.3) is 5.65 Å². The van der Waals surface area contributed by atoms with Gasteiger partial charge in [-0.1, -0.05) is 12.1 Å². The lowest BCUT2D eigenvalue weighted by Crippen LogP contribution is -2.26. The number of carbonyl (C=O) groups is 2. The third kappa shape index (κ3) is 3.10. The lowest BCUT2D eigenvalue weighted by Gasteiger charge is -2.14. The zero-order chi connectivity index (χ0) is 17.3. The number of ether oxygens (including phenoxy) is 1. The number of aryl methyl sites for hydroxylation is 1. The van der Waals surface area contributed by atoms with Gasteiger partial charge in [0, 0.05) is 18.0 Å². The molecular weight excluding hydrogens is 313 g/mol. The van der Waals surface area contributed by atoms with Crippen LogP contribution in [0.5, 0.6) is 0 Å². The number of rotatable bonds is 4. The van der Waals surface area contributed by atoms with E-state index in [0.29, 0.717) is 5.65 Å². The van der Waals surface area contributed by atoms with Crippen molar-refractivity contribution in [2.75, 3.05) is 0 Å². The highest BCUT2D eigenvalue weighted by Gasteiger charge is 2.24. The third-order valence-electron chi connectivity index (χ3n) is 3.48. The van der Waals surface area contributed by atoms with Gasteiger partial charge in [-0.05, 0) is 36.8 Å². The van der Waals surface area contributed by atoms with E-state index in [0.717, 1.165) is 17.7 Å². The molecule has 2 aromatic heterocycles. The molecule has 122 valence electrons. The van der Waals surface area contributed by atoms with Crippen LogP contribution in [0.4, 0.5) is 4.39 Å². The number of hydrogen-bond donors (Lipinski definition) is 1. The van der Waals surface area contributed by atoms with E-state index in [9.17, 15) is 14.0 Å². The van der Waals surface area contributed by atoms with Crippen LogP contribution in [-0.4, -0.2) is 21.3 Å². The van der Waals surface area contributed by atoms with E-state index < -0.39 is 23.8 Å². The minimum absolute atomic E-state index is 0.0500. The molecule has 1 amide bonds. The molecule has 0 bridgehead atoms. The van der Waals surface area contributed by atoms with Crippen LogP contribution in [0.15, 0.2) is 48.8 Å². The Morgan fingerprint density at radius 1 is 1.25 bits per heavy atom. The molecule has 3 aromatic rings. The molecule has 7 heteroatoms. The van der Waals surface area contributed by atoms with E-state index in [1.807, 2.05) is 19.1 Å². The monoisotopic (exact) mass is 327 g/mol. The first kappa shape index (κ1) is 15.7. The lowest BCUT2D eigenvalue weighted by atomic mass is 10.1. The number of aromatic nitrogens is 2. The van der Waals surface area contributed by atoms with Gasteiger partial charge in [0.15, 0.2) is 5.69 Å². The van der Waals surface area contributed by atoms with Gasteiger partial charge in [-0.3, -0.25) is 4.79 Å². The summed E-state index contributed by atoms with van der Waals surface area (Å²) in [6.07, 6.45) is 1.95. The number of benzene rings is 1. The summed E-state index contributed by atoms with van der Waals surface area (Å²) in [6.45, 7) is 1.91. The van der Waals surface area contributed by atoms with Crippen LogP contribution >= 0.6 is 0 Å². The number of nitrogens with two attached hydrogens (primary N) is 1. The molecule has 0 unspecified atom stereocenters. The predicted molar refractivity (Wildman–Crippen MR) is 83.7 cm³/mol. The molecule has 0 saturated heterocycles. The number of imidazole rings is 1. The molecule has 3 rings (SSSR count). The molecule has 0 aliphatic carbocycles. The molecule has 1 aromatic carbocycles. The maximum Gasteiger partial charge on any atom is 0.359 e. The Labute approximate surface area is 136 Å². The van der Waals surface area contributed by atoms with Crippen molar-refractivity contribution in [1.82, 2.24) is 9.38 Å². The highest BCUT2D eigenvalue weighted by molar-refractivity contribution is 5.91. The SMILES string of the molecule is Cc1ccn2cc(C(=O)O[C@@H](C(N)=O)c3ccc(F)cc3)nc2c1. The smallest absolute Gasteiger partial charge is 0.359 e. The maximum absolute atomic E-state index is 13.0. The number of esters is 1. The fourth-order valence-corrected chi connectivity index (χ4v) is 2.28. The Morgan fingerprint density at radius 3 is 2.62 bits per heavy atom. The van der Waals surface area contributed by atoms with Crippen LogP contribution < -0.4 is 5.73 Å². The fourth-order valence-electron chi connectivity index (χ4n) is 2.28. The average Bonchev–Trinajstić information content (AvgIpc) is 2.96. The molecule has 0 aliphatic heterocycles. The van der Waals surface area contributed by atoms with Gasteiger partial charge in [-0.25, -0.2) is 14.2 Å². The standard InChI is InChI=1S/C17H14FN3O3/c1-10-6-7-21-9-13(20-14(21)8-10)17(23)24-15(16(19)22)11-2-4-12(18)5-3-11/h2-9,15H,1H3,(H2,19,22)/t15-/m1/s1. The van der Waals surface area contributed by atoms with E-state index in [4.69, 9.17) is 10.5 Å². The first-order valence-electron chi connectivity index (χ1n) is 7.15. The van der Waals surface area contributed by atoms with Crippen LogP contribution in [0, 0.1) is 12.7 Å². The van der Waals surface area contributed by atoms with Gasteiger partial charge in [0.25, 0.3) is 5.91 Å². The van der Waals surface area contributed by atoms with Crippen LogP contribution in [0.1, 0.15) is 27.7 Å². The van der Waals surface area contributed by atoms with Crippen molar-refractivity contribution < 1.29 is 18.7 Å². The number of carbonyl (C=O) groups excluding carboxylic acids is 2. The summed E-state index contributed by atoms with van der Waals surface area (Å²) in [5, 5.41) is 0. The summed E-state index contributed by atoms with van der Waals surface area (Å²) in [4.78, 5) is 28.0. The largest absolute Gasteiger partial charge is 0.443 e. The molecule has 0 aliphatic rings. The van der Waals surface area contributed by atoms with Crippen LogP contribution in [0.3, 0.4) is 0 Å². The summed E-state index contributed by atoms with van der Waals surface area (Å²) in [5.41, 5.74) is 7.21. The van der Waals surface area contributed by atoms with Gasteiger partial charge >= 0.3 is 5.97 Å². The first-order valence-corrected chi connectivity index (χ1v) is 7.15. The molecular formula is C17H14FN3O3. The van der Waals surface area contributed by atoms with Gasteiger partial charge in [0.2, 0.25) is 6.10 Å². The number of amides is 1. The van der Waals surface area contributed by atoms with E-state index in [-0.39, 0.29) is 11.3 Å². The van der Waals surface area contributed by atoms with Crippen molar-refractivity contribution >= 4 is 17.5 Å². The summed E-state index contributed by atoms with van der Waals surface area (Å²) in [6, 6.07) is 8.67. The van der Waals surface area contributed by atoms with E-state index >= 15 is 0 Å². The van der Waals surface area contributed by atoms with Crippen molar-refractivity contribution in [3.63, 3.8) is 0 Å². The number of nitrogens with zero attached hydrogens (tertiary/aromatic N) is 2. The number of pyridine rings is 1. The molecule has 0 spiro atoms. The van der Waals surface area contributed by atoms with Gasteiger partial charge in [-0.15, -0.1) is 0 Å². The molecule has 0 fully saturated rings. The van der Waals surface area contributed by atoms with E-state index in [1.54, 1.807) is 10.6 Å². The van der Waals surface area contributed by atoms with Gasteiger partial charge in [-0.2, -0.15) is 0 Å². The summed E-state index contributed by atoms with van der Waals surface area (Å²) >= 11 is 0. The molecule has 6 nitrogen and oxygen atoms in total. The minimum Gasteiger partial charge on any atom is -0.443 e. The van der Waals surface area contributed by atoms with Crippen molar-refractivity contribution in [2.45, 2.75) is 13.0 Å². The number of primary amides is 1. The molecule has 2 heterocycles. The zero-order valence-corrected chi connectivity index (χ0v) is 12.8. The quantitative estimate of drug-likeness (QED) is 0.744. The third-order valence-corrected chi connectivity index (χ3v) is 3.48. The highest BCUT2D eigenvalue weighted by Crippen LogP contribution is 2.20. The average molecular weight is 327 g/mol. The summed E-state index contributed by atoms with van der Waals surface area (Å²) < 4.78 is 19.8. The lowest BCUT2D eigenvalue weighted by molar-refractivity contribution is -0.127. The summed E-state index contributed by atoms with van der Waals surface area (Å²) in [5.74, 6) is -2.11. The number of fused-ring (bicyclic) bond motifs is 1. The van der Waals surface area contributed by atoms with Crippen LogP contribution in [-0.2, 0) is 9.53 Å². The zero-order valence-electron chi connectivity index (χ0n) is 12.8. The van der Waals surface area contributed by atoms with Crippen molar-refractivity contribution in [3.8, 4) is 0 Å². The Bertz CT molecular complexity index is 918. The second-order valence-electron chi connectivity index (χ2n) is 5.33. The minimum atomic E-state index is -1.32. The molecule has 2 N–H and O–H groups in total. The van der Waals surface area contributed by atoms with Crippen molar-refractivity contribution in [3.05, 3.63) is 71.4 Å². The van der Waals surface area contributed by atoms with Gasteiger partial charge in [0.05, 0.1) is 0 Å². The number of halogens is 1.